The first-order chi connectivity index (χ1) is 6.19. The lowest BCUT2D eigenvalue weighted by Gasteiger charge is -2.06. The SMILES string of the molecule is COc1[c]c(C(C)=O)ccc1OC. The average Bonchev–Trinajstić information content (AvgIpc) is 2.16. The molecule has 13 heavy (non-hydrogen) atoms. The van der Waals surface area contributed by atoms with Crippen molar-refractivity contribution in [3.63, 3.8) is 0 Å². The summed E-state index contributed by atoms with van der Waals surface area (Å²) in [5, 5.41) is 0. The second kappa shape index (κ2) is 3.94. The lowest BCUT2D eigenvalue weighted by atomic mass is 10.1. The lowest BCUT2D eigenvalue weighted by Crippen LogP contribution is -1.96. The molecule has 0 bridgehead atoms. The monoisotopic (exact) mass is 179 g/mol. The zero-order chi connectivity index (χ0) is 9.84. The van der Waals surface area contributed by atoms with Crippen LogP contribution in [-0.2, 0) is 0 Å². The van der Waals surface area contributed by atoms with Crippen molar-refractivity contribution < 1.29 is 14.3 Å². The third kappa shape index (κ3) is 1.99. The van der Waals surface area contributed by atoms with Crippen LogP contribution in [0.25, 0.3) is 0 Å². The topological polar surface area (TPSA) is 35.5 Å². The van der Waals surface area contributed by atoms with Crippen molar-refractivity contribution in [3.05, 3.63) is 23.8 Å². The molecule has 0 N–H and O–H groups in total. The molecule has 0 saturated heterocycles. The fraction of sp³-hybridized carbons (Fsp3) is 0.300. The van der Waals surface area contributed by atoms with Gasteiger partial charge in [-0.2, -0.15) is 0 Å². The lowest BCUT2D eigenvalue weighted by molar-refractivity contribution is 0.101. The van der Waals surface area contributed by atoms with Crippen LogP contribution in [0, 0.1) is 6.07 Å². The second-order valence-corrected chi connectivity index (χ2v) is 2.53. The van der Waals surface area contributed by atoms with Crippen molar-refractivity contribution in [2.45, 2.75) is 6.92 Å². The van der Waals surface area contributed by atoms with Gasteiger partial charge in [-0.3, -0.25) is 4.79 Å². The molecule has 69 valence electrons. The predicted octanol–water partition coefficient (Wildman–Crippen LogP) is 1.71. The molecule has 0 aliphatic rings. The highest BCUT2D eigenvalue weighted by Crippen LogP contribution is 2.26. The second-order valence-electron chi connectivity index (χ2n) is 2.53. The van der Waals surface area contributed by atoms with E-state index in [1.54, 1.807) is 19.2 Å². The molecular formula is C10H11O3. The summed E-state index contributed by atoms with van der Waals surface area (Å²) in [6.07, 6.45) is 0. The molecule has 3 heteroatoms. The van der Waals surface area contributed by atoms with Crippen LogP contribution in [-0.4, -0.2) is 20.0 Å². The largest absolute Gasteiger partial charge is 0.493 e. The zero-order valence-electron chi connectivity index (χ0n) is 7.88. The summed E-state index contributed by atoms with van der Waals surface area (Å²) in [5.74, 6) is 0.989. The highest BCUT2D eigenvalue weighted by Gasteiger charge is 2.07. The van der Waals surface area contributed by atoms with E-state index in [1.165, 1.54) is 14.0 Å². The molecule has 0 aliphatic heterocycles. The molecule has 0 aliphatic carbocycles. The minimum absolute atomic E-state index is 0.0408. The maximum Gasteiger partial charge on any atom is 0.169 e. The molecule has 0 spiro atoms. The molecule has 1 aromatic carbocycles. The Bertz CT molecular complexity index is 318. The first-order valence-corrected chi connectivity index (χ1v) is 3.84. The molecule has 0 unspecified atom stereocenters. The summed E-state index contributed by atoms with van der Waals surface area (Å²) in [4.78, 5) is 11.0. The van der Waals surface area contributed by atoms with Gasteiger partial charge in [-0.1, -0.05) is 0 Å². The Hall–Kier alpha value is -1.51. The highest BCUT2D eigenvalue weighted by molar-refractivity contribution is 5.94. The van der Waals surface area contributed by atoms with E-state index in [-0.39, 0.29) is 5.78 Å². The maximum atomic E-state index is 11.0. The van der Waals surface area contributed by atoms with E-state index < -0.39 is 0 Å². The van der Waals surface area contributed by atoms with E-state index in [1.807, 2.05) is 0 Å². The Morgan fingerprint density at radius 2 is 2.00 bits per heavy atom. The molecule has 0 heterocycles. The number of hydrogen-bond donors (Lipinski definition) is 0. The first kappa shape index (κ1) is 9.58. The summed E-state index contributed by atoms with van der Waals surface area (Å²) in [6.45, 7) is 1.48. The van der Waals surface area contributed by atoms with Gasteiger partial charge in [0.05, 0.1) is 14.2 Å². The van der Waals surface area contributed by atoms with Crippen LogP contribution in [0.1, 0.15) is 17.3 Å². The third-order valence-corrected chi connectivity index (χ3v) is 1.68. The van der Waals surface area contributed by atoms with E-state index in [4.69, 9.17) is 9.47 Å². The van der Waals surface area contributed by atoms with Gasteiger partial charge in [-0.05, 0) is 19.1 Å². The Labute approximate surface area is 77.3 Å². The minimum atomic E-state index is -0.0408. The maximum absolute atomic E-state index is 11.0. The Balaban J connectivity index is 3.13. The van der Waals surface area contributed by atoms with Crippen molar-refractivity contribution in [1.29, 1.82) is 0 Å². The van der Waals surface area contributed by atoms with Gasteiger partial charge in [0.2, 0.25) is 0 Å². The van der Waals surface area contributed by atoms with Gasteiger partial charge in [-0.25, -0.2) is 0 Å². The van der Waals surface area contributed by atoms with Crippen LogP contribution in [0.2, 0.25) is 0 Å². The Morgan fingerprint density at radius 3 is 2.46 bits per heavy atom. The standard InChI is InChI=1S/C10H11O3/c1-7(11)8-4-5-9(12-2)10(6-8)13-3/h4-5H,1-3H3. The molecule has 0 fully saturated rings. The number of carbonyl (C=O) groups excluding carboxylic acids is 1. The van der Waals surface area contributed by atoms with E-state index in [2.05, 4.69) is 6.07 Å². The Kier molecular flexibility index (Phi) is 2.90. The molecule has 0 saturated carbocycles. The number of carbonyl (C=O) groups is 1. The van der Waals surface area contributed by atoms with Gasteiger partial charge in [0.15, 0.2) is 17.3 Å². The predicted molar refractivity (Wildman–Crippen MR) is 48.4 cm³/mol. The van der Waals surface area contributed by atoms with Gasteiger partial charge >= 0.3 is 0 Å². The number of hydrogen-bond acceptors (Lipinski definition) is 3. The molecule has 0 amide bonds. The minimum Gasteiger partial charge on any atom is -0.493 e. The normalized spacial score (nSPS) is 9.46. The van der Waals surface area contributed by atoms with E-state index >= 15 is 0 Å². The molecule has 1 rings (SSSR count). The average molecular weight is 179 g/mol. The smallest absolute Gasteiger partial charge is 0.169 e. The number of rotatable bonds is 3. The summed E-state index contributed by atoms with van der Waals surface area (Å²) in [6, 6.07) is 6.16. The highest BCUT2D eigenvalue weighted by atomic mass is 16.5. The molecule has 0 atom stereocenters. The van der Waals surface area contributed by atoms with Crippen molar-refractivity contribution in [2.75, 3.05) is 14.2 Å². The summed E-state index contributed by atoms with van der Waals surface area (Å²) < 4.78 is 10.00. The number of ketones is 1. The van der Waals surface area contributed by atoms with Crippen molar-refractivity contribution >= 4 is 5.78 Å². The van der Waals surface area contributed by atoms with Crippen LogP contribution >= 0.6 is 0 Å². The fourth-order valence-electron chi connectivity index (χ4n) is 0.978. The molecule has 3 nitrogen and oxygen atoms in total. The molecular weight excluding hydrogens is 168 g/mol. The molecule has 1 aromatic rings. The van der Waals surface area contributed by atoms with Gasteiger partial charge in [0.1, 0.15) is 0 Å². The van der Waals surface area contributed by atoms with Crippen molar-refractivity contribution in [1.82, 2.24) is 0 Å². The molecule has 0 aromatic heterocycles. The van der Waals surface area contributed by atoms with E-state index in [0.717, 1.165) is 0 Å². The van der Waals surface area contributed by atoms with Gasteiger partial charge < -0.3 is 9.47 Å². The summed E-state index contributed by atoms with van der Waals surface area (Å²) in [7, 11) is 3.05. The number of methoxy groups -OCH3 is 2. The Morgan fingerprint density at radius 1 is 1.31 bits per heavy atom. The number of ether oxygens (including phenoxy) is 2. The van der Waals surface area contributed by atoms with Crippen LogP contribution in [0.4, 0.5) is 0 Å². The van der Waals surface area contributed by atoms with Gasteiger partial charge in [0.25, 0.3) is 0 Å². The van der Waals surface area contributed by atoms with E-state index in [9.17, 15) is 4.79 Å². The van der Waals surface area contributed by atoms with Crippen LogP contribution in [0.3, 0.4) is 0 Å². The third-order valence-electron chi connectivity index (χ3n) is 1.68. The van der Waals surface area contributed by atoms with E-state index in [0.29, 0.717) is 17.1 Å². The summed E-state index contributed by atoms with van der Waals surface area (Å²) in [5.41, 5.74) is 0.498. The zero-order valence-corrected chi connectivity index (χ0v) is 7.88. The van der Waals surface area contributed by atoms with Crippen molar-refractivity contribution in [2.24, 2.45) is 0 Å². The number of Topliss-reactive ketones (excluding diaryl/α,β-unsaturated/α-hetero) is 1. The molecule has 1 radical (unpaired) electrons. The van der Waals surface area contributed by atoms with Crippen LogP contribution < -0.4 is 9.47 Å². The fourth-order valence-corrected chi connectivity index (χ4v) is 0.978. The number of benzene rings is 1. The van der Waals surface area contributed by atoms with Crippen LogP contribution in [0.5, 0.6) is 11.5 Å². The van der Waals surface area contributed by atoms with Gasteiger partial charge in [-0.15, -0.1) is 0 Å². The quantitative estimate of drug-likeness (QED) is 0.662. The summed E-state index contributed by atoms with van der Waals surface area (Å²) >= 11 is 0. The first-order valence-electron chi connectivity index (χ1n) is 3.84. The van der Waals surface area contributed by atoms with Crippen LogP contribution in [0.15, 0.2) is 12.1 Å². The van der Waals surface area contributed by atoms with Gasteiger partial charge in [0, 0.05) is 11.6 Å². The van der Waals surface area contributed by atoms with Crippen molar-refractivity contribution in [3.8, 4) is 11.5 Å².